The van der Waals surface area contributed by atoms with Crippen LogP contribution in [0.2, 0.25) is 0 Å². The summed E-state index contributed by atoms with van der Waals surface area (Å²) >= 11 is 0. The molecule has 1 N–H and O–H groups in total. The number of hydrogen-bond acceptors (Lipinski definition) is 2. The third-order valence-corrected chi connectivity index (χ3v) is 3.50. The lowest BCUT2D eigenvalue weighted by molar-refractivity contribution is -0.138. The summed E-state index contributed by atoms with van der Waals surface area (Å²) in [4.78, 5) is 25.3. The largest absolute Gasteiger partial charge is 0.342 e. The fourth-order valence-electron chi connectivity index (χ4n) is 2.66. The van der Waals surface area contributed by atoms with Crippen LogP contribution in [0, 0.1) is 0 Å². The molecule has 1 spiro atoms. The van der Waals surface area contributed by atoms with Crippen LogP contribution in [0.15, 0.2) is 0 Å². The van der Waals surface area contributed by atoms with Crippen molar-refractivity contribution < 1.29 is 14.0 Å². The van der Waals surface area contributed by atoms with Gasteiger partial charge in [-0.1, -0.05) is 12.8 Å². The maximum absolute atomic E-state index is 12.4. The summed E-state index contributed by atoms with van der Waals surface area (Å²) in [5.41, 5.74) is -0.719. The summed E-state index contributed by atoms with van der Waals surface area (Å²) in [7, 11) is 0. The molecule has 1 saturated carbocycles. The molecule has 0 radical (unpaired) electrons. The zero-order valence-corrected chi connectivity index (χ0v) is 9.30. The molecule has 0 aromatic heterocycles. The first kappa shape index (κ1) is 11.4. The van der Waals surface area contributed by atoms with Gasteiger partial charge in [0.25, 0.3) is 0 Å². The van der Waals surface area contributed by atoms with E-state index >= 15 is 0 Å². The highest BCUT2D eigenvalue weighted by atomic mass is 19.1. The molecule has 2 amide bonds. The van der Waals surface area contributed by atoms with Gasteiger partial charge in [-0.05, 0) is 12.8 Å². The molecule has 0 unspecified atom stereocenters. The Hall–Kier alpha value is -1.13. The molecule has 0 aromatic rings. The lowest BCUT2D eigenvalue weighted by atomic mass is 9.96. The number of halogens is 1. The van der Waals surface area contributed by atoms with E-state index in [1.807, 2.05) is 0 Å². The molecular weight excluding hydrogens is 211 g/mol. The second-order valence-electron chi connectivity index (χ2n) is 4.57. The van der Waals surface area contributed by atoms with Crippen molar-refractivity contribution in [1.82, 2.24) is 10.2 Å². The first-order chi connectivity index (χ1) is 7.68. The van der Waals surface area contributed by atoms with Crippen LogP contribution in [0.4, 0.5) is 4.39 Å². The SMILES string of the molecule is O=C1CCN(CCF)C(=O)C2(CCCC2)N1. The van der Waals surface area contributed by atoms with E-state index in [2.05, 4.69) is 5.32 Å². The van der Waals surface area contributed by atoms with Gasteiger partial charge in [0.05, 0.1) is 0 Å². The minimum atomic E-state index is -0.719. The fourth-order valence-corrected chi connectivity index (χ4v) is 2.66. The van der Waals surface area contributed by atoms with Gasteiger partial charge >= 0.3 is 0 Å². The topological polar surface area (TPSA) is 49.4 Å². The number of alkyl halides is 1. The van der Waals surface area contributed by atoms with Crippen molar-refractivity contribution in [1.29, 1.82) is 0 Å². The fraction of sp³-hybridized carbons (Fsp3) is 0.818. The second kappa shape index (κ2) is 4.39. The van der Waals surface area contributed by atoms with Crippen molar-refractivity contribution in [2.75, 3.05) is 19.8 Å². The molecule has 1 saturated heterocycles. The maximum atomic E-state index is 12.4. The number of nitrogens with one attached hydrogen (secondary N) is 1. The minimum Gasteiger partial charge on any atom is -0.342 e. The van der Waals surface area contributed by atoms with Crippen LogP contribution in [0.3, 0.4) is 0 Å². The van der Waals surface area contributed by atoms with Gasteiger partial charge < -0.3 is 10.2 Å². The van der Waals surface area contributed by atoms with Crippen LogP contribution in [-0.4, -0.2) is 42.0 Å². The number of hydrogen-bond donors (Lipinski definition) is 1. The molecule has 90 valence electrons. The van der Waals surface area contributed by atoms with Gasteiger partial charge in [-0.15, -0.1) is 0 Å². The van der Waals surface area contributed by atoms with E-state index in [1.54, 1.807) is 0 Å². The number of amides is 2. The molecular formula is C11H17FN2O2. The van der Waals surface area contributed by atoms with E-state index in [0.717, 1.165) is 12.8 Å². The van der Waals surface area contributed by atoms with Gasteiger partial charge in [0, 0.05) is 19.5 Å². The summed E-state index contributed by atoms with van der Waals surface area (Å²) in [6.45, 7) is -0.0953. The molecule has 16 heavy (non-hydrogen) atoms. The normalized spacial score (nSPS) is 24.7. The Morgan fingerprint density at radius 1 is 1.31 bits per heavy atom. The van der Waals surface area contributed by atoms with Crippen molar-refractivity contribution in [2.45, 2.75) is 37.6 Å². The quantitative estimate of drug-likeness (QED) is 0.753. The predicted octanol–water partition coefficient (Wildman–Crippen LogP) is 0.617. The molecule has 1 aliphatic carbocycles. The first-order valence-corrected chi connectivity index (χ1v) is 5.84. The van der Waals surface area contributed by atoms with E-state index in [-0.39, 0.29) is 24.8 Å². The highest BCUT2D eigenvalue weighted by Crippen LogP contribution is 2.32. The van der Waals surface area contributed by atoms with Crippen LogP contribution in [0.1, 0.15) is 32.1 Å². The van der Waals surface area contributed by atoms with Crippen LogP contribution in [0.25, 0.3) is 0 Å². The molecule has 1 aliphatic heterocycles. The van der Waals surface area contributed by atoms with Gasteiger partial charge in [-0.3, -0.25) is 9.59 Å². The number of nitrogens with zero attached hydrogens (tertiary/aromatic N) is 1. The predicted molar refractivity (Wildman–Crippen MR) is 56.5 cm³/mol. The van der Waals surface area contributed by atoms with Gasteiger partial charge in [0.2, 0.25) is 11.8 Å². The van der Waals surface area contributed by atoms with E-state index < -0.39 is 12.2 Å². The molecule has 0 bridgehead atoms. The van der Waals surface area contributed by atoms with E-state index in [1.165, 1.54) is 4.90 Å². The average molecular weight is 228 g/mol. The second-order valence-corrected chi connectivity index (χ2v) is 4.57. The lowest BCUT2D eigenvalue weighted by Crippen LogP contribution is -2.55. The van der Waals surface area contributed by atoms with E-state index in [4.69, 9.17) is 0 Å². The van der Waals surface area contributed by atoms with Gasteiger partial charge in [0.15, 0.2) is 0 Å². The van der Waals surface area contributed by atoms with Gasteiger partial charge in [0.1, 0.15) is 12.2 Å². The molecule has 2 rings (SSSR count). The summed E-state index contributed by atoms with van der Waals surface area (Å²) in [5, 5.41) is 2.84. The van der Waals surface area contributed by atoms with Crippen molar-refractivity contribution in [3.8, 4) is 0 Å². The summed E-state index contributed by atoms with van der Waals surface area (Å²) < 4.78 is 12.4. The molecule has 0 aromatic carbocycles. The van der Waals surface area contributed by atoms with Crippen molar-refractivity contribution in [2.24, 2.45) is 0 Å². The zero-order valence-electron chi connectivity index (χ0n) is 9.30. The molecule has 2 aliphatic rings. The highest BCUT2D eigenvalue weighted by molar-refractivity contribution is 5.93. The van der Waals surface area contributed by atoms with E-state index in [0.29, 0.717) is 19.4 Å². The smallest absolute Gasteiger partial charge is 0.248 e. The summed E-state index contributed by atoms with van der Waals surface area (Å²) in [6.07, 6.45) is 3.58. The maximum Gasteiger partial charge on any atom is 0.248 e. The summed E-state index contributed by atoms with van der Waals surface area (Å²) in [6, 6.07) is 0. The Bertz CT molecular complexity index is 300. The third kappa shape index (κ3) is 1.90. The Balaban J connectivity index is 2.21. The molecule has 2 fully saturated rings. The highest BCUT2D eigenvalue weighted by Gasteiger charge is 2.46. The Morgan fingerprint density at radius 2 is 2.00 bits per heavy atom. The molecule has 5 heteroatoms. The lowest BCUT2D eigenvalue weighted by Gasteiger charge is -2.31. The Labute approximate surface area is 94.2 Å². The standard InChI is InChI=1S/C11H17FN2O2/c12-6-8-14-7-3-9(15)13-11(10(14)16)4-1-2-5-11/h1-8H2,(H,13,15). The van der Waals surface area contributed by atoms with Crippen molar-refractivity contribution >= 4 is 11.8 Å². The molecule has 4 nitrogen and oxygen atoms in total. The average Bonchev–Trinajstić information content (AvgIpc) is 2.68. The first-order valence-electron chi connectivity index (χ1n) is 5.84. The Kier molecular flexibility index (Phi) is 3.12. The van der Waals surface area contributed by atoms with Crippen LogP contribution in [-0.2, 0) is 9.59 Å². The number of carbonyl (C=O) groups excluding carboxylic acids is 2. The Morgan fingerprint density at radius 3 is 2.62 bits per heavy atom. The minimum absolute atomic E-state index is 0.0865. The summed E-state index contributed by atoms with van der Waals surface area (Å²) in [5.74, 6) is -0.176. The van der Waals surface area contributed by atoms with Crippen LogP contribution < -0.4 is 5.32 Å². The van der Waals surface area contributed by atoms with Gasteiger partial charge in [-0.2, -0.15) is 0 Å². The van der Waals surface area contributed by atoms with Crippen LogP contribution in [0.5, 0.6) is 0 Å². The van der Waals surface area contributed by atoms with Crippen LogP contribution >= 0.6 is 0 Å². The number of rotatable bonds is 2. The van der Waals surface area contributed by atoms with E-state index in [9.17, 15) is 14.0 Å². The third-order valence-electron chi connectivity index (χ3n) is 3.50. The van der Waals surface area contributed by atoms with Gasteiger partial charge in [-0.25, -0.2) is 4.39 Å². The van der Waals surface area contributed by atoms with Crippen molar-refractivity contribution in [3.05, 3.63) is 0 Å². The number of carbonyl (C=O) groups is 2. The molecule has 0 atom stereocenters. The molecule has 1 heterocycles. The monoisotopic (exact) mass is 228 g/mol. The van der Waals surface area contributed by atoms with Crippen molar-refractivity contribution in [3.63, 3.8) is 0 Å². The zero-order chi connectivity index (χ0) is 11.6.